The lowest BCUT2D eigenvalue weighted by molar-refractivity contribution is -0.137. The Morgan fingerprint density at radius 2 is 1.67 bits per heavy atom. The number of aryl methyl sites for hydroxylation is 1. The van der Waals surface area contributed by atoms with Crippen LogP contribution >= 0.6 is 0 Å². The minimum absolute atomic E-state index is 0.0267. The maximum atomic E-state index is 13.9. The Kier molecular flexibility index (Phi) is 6.87. The van der Waals surface area contributed by atoms with E-state index in [1.165, 1.54) is 24.8 Å². The van der Waals surface area contributed by atoms with E-state index < -0.39 is 11.7 Å². The molecule has 0 saturated carbocycles. The first-order valence-electron chi connectivity index (χ1n) is 12.4. The first kappa shape index (κ1) is 24.5. The first-order chi connectivity index (χ1) is 17.3. The van der Waals surface area contributed by atoms with Crippen molar-refractivity contribution in [3.63, 3.8) is 0 Å². The van der Waals surface area contributed by atoms with Gasteiger partial charge in [0.2, 0.25) is 0 Å². The molecule has 36 heavy (non-hydrogen) atoms. The highest BCUT2D eigenvalue weighted by Crippen LogP contribution is 2.35. The predicted molar refractivity (Wildman–Crippen MR) is 132 cm³/mol. The van der Waals surface area contributed by atoms with E-state index in [0.717, 1.165) is 49.1 Å². The van der Waals surface area contributed by atoms with E-state index in [-0.39, 0.29) is 17.9 Å². The van der Waals surface area contributed by atoms with Gasteiger partial charge in [-0.25, -0.2) is 14.4 Å². The van der Waals surface area contributed by atoms with Gasteiger partial charge in [0.25, 0.3) is 0 Å². The molecule has 0 amide bonds. The van der Waals surface area contributed by atoms with Crippen molar-refractivity contribution in [1.29, 1.82) is 0 Å². The largest absolute Gasteiger partial charge is 0.419 e. The van der Waals surface area contributed by atoms with Gasteiger partial charge in [0.15, 0.2) is 6.29 Å². The predicted octanol–water partition coefficient (Wildman–Crippen LogP) is 4.48. The zero-order chi connectivity index (χ0) is 25.3. The fourth-order valence-corrected chi connectivity index (χ4v) is 5.01. The Labute approximate surface area is 208 Å². The average Bonchev–Trinajstić information content (AvgIpc) is 2.90. The molecule has 5 rings (SSSR count). The summed E-state index contributed by atoms with van der Waals surface area (Å²) in [6.45, 7) is 5.47. The molecule has 3 aliphatic heterocycles. The number of piperidine rings is 1. The third-order valence-corrected chi connectivity index (χ3v) is 7.01. The van der Waals surface area contributed by atoms with Crippen molar-refractivity contribution >= 4 is 17.4 Å². The summed E-state index contributed by atoms with van der Waals surface area (Å²) in [6, 6.07) is 7.44. The van der Waals surface area contributed by atoms with E-state index >= 15 is 0 Å². The van der Waals surface area contributed by atoms with Crippen molar-refractivity contribution in [1.82, 2.24) is 20.1 Å². The smallest absolute Gasteiger partial charge is 0.353 e. The molecule has 2 saturated heterocycles. The van der Waals surface area contributed by atoms with E-state index in [1.54, 1.807) is 17.9 Å². The summed E-state index contributed by atoms with van der Waals surface area (Å²) in [5.74, 6) is 0.514. The summed E-state index contributed by atoms with van der Waals surface area (Å²) in [4.78, 5) is 15.2. The van der Waals surface area contributed by atoms with Gasteiger partial charge in [0.1, 0.15) is 17.5 Å². The maximum absolute atomic E-state index is 13.9. The average molecular weight is 503 g/mol. The zero-order valence-electron chi connectivity index (χ0n) is 20.2. The standard InChI is InChI=1S/C26H30F4N6/c1-18-16-19(7-8-21(18)27)22-17-23(33-25(32-22)36-10-3-2-4-11-36)34-12-14-35(15-13-34)24-20(26(28,29)30)6-5-9-31-24/h5-9,16-17,25,32H,2-4,10-15H2,1H3. The van der Waals surface area contributed by atoms with Gasteiger partial charge in [0, 0.05) is 57.2 Å². The molecule has 0 bridgehead atoms. The number of halogens is 4. The lowest BCUT2D eigenvalue weighted by Crippen LogP contribution is -2.53. The Morgan fingerprint density at radius 3 is 2.36 bits per heavy atom. The Balaban J connectivity index is 1.38. The third kappa shape index (κ3) is 5.18. The van der Waals surface area contributed by atoms with Crippen molar-refractivity contribution in [2.45, 2.75) is 38.7 Å². The second-order valence-corrected chi connectivity index (χ2v) is 9.47. The Bertz CT molecular complexity index is 1150. The number of rotatable bonds is 3. The van der Waals surface area contributed by atoms with Gasteiger partial charge < -0.3 is 15.1 Å². The number of benzene rings is 1. The minimum atomic E-state index is -4.45. The van der Waals surface area contributed by atoms with Crippen molar-refractivity contribution in [2.24, 2.45) is 4.99 Å². The van der Waals surface area contributed by atoms with E-state index in [1.807, 2.05) is 12.1 Å². The lowest BCUT2D eigenvalue weighted by atomic mass is 10.1. The number of aromatic nitrogens is 1. The van der Waals surface area contributed by atoms with Gasteiger partial charge >= 0.3 is 6.18 Å². The molecule has 1 N–H and O–H groups in total. The third-order valence-electron chi connectivity index (χ3n) is 7.01. The van der Waals surface area contributed by atoms with Gasteiger partial charge in [-0.3, -0.25) is 4.90 Å². The van der Waals surface area contributed by atoms with Crippen LogP contribution in [-0.2, 0) is 6.18 Å². The van der Waals surface area contributed by atoms with E-state index in [2.05, 4.69) is 20.1 Å². The quantitative estimate of drug-likeness (QED) is 0.628. The van der Waals surface area contributed by atoms with Gasteiger partial charge in [0.05, 0.1) is 5.56 Å². The number of anilines is 1. The van der Waals surface area contributed by atoms with Crippen molar-refractivity contribution in [3.8, 4) is 0 Å². The molecule has 10 heteroatoms. The molecular weight excluding hydrogens is 472 g/mol. The molecular formula is C26H30F4N6. The number of hydrogen-bond donors (Lipinski definition) is 1. The van der Waals surface area contributed by atoms with Crippen LogP contribution in [0.5, 0.6) is 0 Å². The molecule has 1 aromatic carbocycles. The summed E-state index contributed by atoms with van der Waals surface area (Å²) >= 11 is 0. The zero-order valence-corrected chi connectivity index (χ0v) is 20.2. The second-order valence-electron chi connectivity index (χ2n) is 9.47. The number of piperazine rings is 1. The summed E-state index contributed by atoms with van der Waals surface area (Å²) in [5, 5.41) is 3.52. The van der Waals surface area contributed by atoms with E-state index in [4.69, 9.17) is 4.99 Å². The monoisotopic (exact) mass is 502 g/mol. The molecule has 0 aliphatic carbocycles. The molecule has 1 aromatic heterocycles. The highest BCUT2D eigenvalue weighted by molar-refractivity contribution is 6.00. The molecule has 192 valence electrons. The van der Waals surface area contributed by atoms with Gasteiger partial charge in [-0.15, -0.1) is 0 Å². The van der Waals surface area contributed by atoms with Crippen LogP contribution in [0.1, 0.15) is 36.0 Å². The molecule has 2 fully saturated rings. The molecule has 4 heterocycles. The Morgan fingerprint density at radius 1 is 0.944 bits per heavy atom. The van der Waals surface area contributed by atoms with Crippen LogP contribution in [0.15, 0.2) is 47.6 Å². The van der Waals surface area contributed by atoms with Crippen LogP contribution in [-0.4, -0.2) is 66.2 Å². The van der Waals surface area contributed by atoms with E-state index in [9.17, 15) is 17.6 Å². The number of pyridine rings is 1. The number of likely N-dealkylation sites (tertiary alicyclic amines) is 1. The maximum Gasteiger partial charge on any atom is 0.419 e. The van der Waals surface area contributed by atoms with Crippen LogP contribution in [0.2, 0.25) is 0 Å². The van der Waals surface area contributed by atoms with Crippen LogP contribution in [0.4, 0.5) is 23.4 Å². The van der Waals surface area contributed by atoms with Crippen molar-refractivity contribution in [3.05, 3.63) is 65.1 Å². The van der Waals surface area contributed by atoms with Crippen LogP contribution in [0.3, 0.4) is 0 Å². The number of nitrogens with zero attached hydrogens (tertiary/aromatic N) is 5. The van der Waals surface area contributed by atoms with Crippen LogP contribution < -0.4 is 10.2 Å². The minimum Gasteiger partial charge on any atom is -0.353 e. The molecule has 1 unspecified atom stereocenters. The molecule has 1 atom stereocenters. The lowest BCUT2D eigenvalue weighted by Gasteiger charge is -2.40. The fraction of sp³-hybridized carbons (Fsp3) is 0.462. The first-order valence-corrected chi connectivity index (χ1v) is 12.4. The van der Waals surface area contributed by atoms with Gasteiger partial charge in [-0.05, 0) is 61.2 Å². The highest BCUT2D eigenvalue weighted by atomic mass is 19.4. The molecule has 3 aliphatic rings. The summed E-state index contributed by atoms with van der Waals surface area (Å²) < 4.78 is 54.4. The summed E-state index contributed by atoms with van der Waals surface area (Å²) in [7, 11) is 0. The molecule has 6 nitrogen and oxygen atoms in total. The number of hydrogen-bond acceptors (Lipinski definition) is 6. The van der Waals surface area contributed by atoms with Crippen molar-refractivity contribution in [2.75, 3.05) is 44.2 Å². The Hall–Kier alpha value is -3.14. The number of nitrogens with one attached hydrogen (secondary N) is 1. The summed E-state index contributed by atoms with van der Waals surface area (Å²) in [5.41, 5.74) is 1.60. The van der Waals surface area contributed by atoms with Gasteiger partial charge in [-0.2, -0.15) is 13.2 Å². The normalized spacial score (nSPS) is 21.6. The molecule has 0 radical (unpaired) electrons. The second kappa shape index (κ2) is 10.1. The summed E-state index contributed by atoms with van der Waals surface area (Å²) in [6.07, 6.45) is 2.10. The fourth-order valence-electron chi connectivity index (χ4n) is 5.01. The molecule has 2 aromatic rings. The van der Waals surface area contributed by atoms with Crippen LogP contribution in [0.25, 0.3) is 5.70 Å². The SMILES string of the molecule is Cc1cc(C2=CC(N3CCN(c4ncccc4C(F)(F)F)CC3)=NC(N3CCCCC3)N2)ccc1F. The van der Waals surface area contributed by atoms with Crippen LogP contribution in [0, 0.1) is 12.7 Å². The topological polar surface area (TPSA) is 47.0 Å². The number of aliphatic imine (C=N–C) groups is 1. The van der Waals surface area contributed by atoms with E-state index in [0.29, 0.717) is 31.7 Å². The highest BCUT2D eigenvalue weighted by Gasteiger charge is 2.36. The van der Waals surface area contributed by atoms with Gasteiger partial charge in [-0.1, -0.05) is 6.42 Å². The number of amidine groups is 1. The number of alkyl halides is 3. The van der Waals surface area contributed by atoms with Crippen molar-refractivity contribution < 1.29 is 17.6 Å². The molecule has 0 spiro atoms.